The first-order valence-corrected chi connectivity index (χ1v) is 8.09. The summed E-state index contributed by atoms with van der Waals surface area (Å²) in [6.45, 7) is 3.35. The lowest BCUT2D eigenvalue weighted by molar-refractivity contribution is 0.530. The predicted octanol–water partition coefficient (Wildman–Crippen LogP) is 3.58. The Bertz CT molecular complexity index is 504. The first-order valence-electron chi connectivity index (χ1n) is 7.21. The molecule has 1 saturated carbocycles. The van der Waals surface area contributed by atoms with E-state index < -0.39 is 0 Å². The van der Waals surface area contributed by atoms with E-state index in [1.807, 2.05) is 17.8 Å². The number of thioether (sulfide) groups is 1. The summed E-state index contributed by atoms with van der Waals surface area (Å²) in [6, 6.07) is 8.90. The molecule has 1 aromatic heterocycles. The zero-order valence-corrected chi connectivity index (χ0v) is 12.2. The largest absolute Gasteiger partial charge is 0.333 e. The first kappa shape index (κ1) is 13.0. The van der Waals surface area contributed by atoms with Crippen molar-refractivity contribution in [2.75, 3.05) is 6.54 Å². The molecule has 2 unspecified atom stereocenters. The molecule has 2 aromatic rings. The van der Waals surface area contributed by atoms with E-state index in [0.717, 1.165) is 22.7 Å². The van der Waals surface area contributed by atoms with E-state index in [-0.39, 0.29) is 0 Å². The summed E-state index contributed by atoms with van der Waals surface area (Å²) in [5.74, 6) is 0. The molecule has 1 aliphatic carbocycles. The van der Waals surface area contributed by atoms with Crippen LogP contribution < -0.4 is 5.32 Å². The van der Waals surface area contributed by atoms with Crippen LogP contribution in [-0.4, -0.2) is 27.8 Å². The Labute approximate surface area is 118 Å². The lowest BCUT2D eigenvalue weighted by atomic mass is 10.2. The summed E-state index contributed by atoms with van der Waals surface area (Å²) >= 11 is 1.91. The second-order valence-corrected chi connectivity index (χ2v) is 6.43. The van der Waals surface area contributed by atoms with Gasteiger partial charge in [0, 0.05) is 11.3 Å². The molecule has 1 aromatic carbocycles. The number of nitrogens with one attached hydrogen (secondary N) is 2. The minimum Gasteiger partial charge on any atom is -0.333 e. The van der Waals surface area contributed by atoms with Gasteiger partial charge in [-0.05, 0) is 37.9 Å². The van der Waals surface area contributed by atoms with Crippen molar-refractivity contribution in [3.8, 4) is 0 Å². The molecular formula is C15H21N3S. The molecule has 19 heavy (non-hydrogen) atoms. The molecule has 1 fully saturated rings. The highest BCUT2D eigenvalue weighted by Gasteiger charge is 2.28. The molecule has 3 nitrogen and oxygen atoms in total. The second-order valence-electron chi connectivity index (χ2n) is 5.21. The number of aromatic nitrogens is 2. The molecule has 2 N–H and O–H groups in total. The topological polar surface area (TPSA) is 40.7 Å². The average Bonchev–Trinajstić information content (AvgIpc) is 3.02. The van der Waals surface area contributed by atoms with Gasteiger partial charge >= 0.3 is 0 Å². The highest BCUT2D eigenvalue weighted by atomic mass is 32.2. The number of hydrogen-bond donors (Lipinski definition) is 2. The molecule has 0 aliphatic heterocycles. The fraction of sp³-hybridized carbons (Fsp3) is 0.533. The van der Waals surface area contributed by atoms with Gasteiger partial charge < -0.3 is 10.3 Å². The van der Waals surface area contributed by atoms with Gasteiger partial charge in [-0.15, -0.1) is 0 Å². The standard InChI is InChI=1S/C15H21N3S/c1-2-10-16-13-8-5-9-14(13)19-15-17-11-6-3-4-7-12(11)18-15/h3-4,6-7,13-14,16H,2,5,8-10H2,1H3,(H,17,18). The molecule has 102 valence electrons. The van der Waals surface area contributed by atoms with Gasteiger partial charge in [0.05, 0.1) is 11.0 Å². The van der Waals surface area contributed by atoms with E-state index in [1.165, 1.54) is 25.7 Å². The van der Waals surface area contributed by atoms with Crippen molar-refractivity contribution in [3.63, 3.8) is 0 Å². The van der Waals surface area contributed by atoms with Crippen LogP contribution in [0.2, 0.25) is 0 Å². The van der Waals surface area contributed by atoms with Crippen LogP contribution in [0.3, 0.4) is 0 Å². The fourth-order valence-corrected chi connectivity index (χ4v) is 4.05. The highest BCUT2D eigenvalue weighted by molar-refractivity contribution is 7.99. The van der Waals surface area contributed by atoms with Gasteiger partial charge in [0.2, 0.25) is 0 Å². The third-order valence-corrected chi connectivity index (χ3v) is 5.02. The van der Waals surface area contributed by atoms with Crippen LogP contribution in [0, 0.1) is 0 Å². The van der Waals surface area contributed by atoms with Crippen LogP contribution in [0.1, 0.15) is 32.6 Å². The number of fused-ring (bicyclic) bond motifs is 1. The number of nitrogens with zero attached hydrogens (tertiary/aromatic N) is 1. The third-order valence-electron chi connectivity index (χ3n) is 3.74. The van der Waals surface area contributed by atoms with E-state index in [4.69, 9.17) is 0 Å². The molecule has 4 heteroatoms. The first-order chi connectivity index (χ1) is 9.36. The zero-order chi connectivity index (χ0) is 13.1. The summed E-state index contributed by atoms with van der Waals surface area (Å²) in [5.41, 5.74) is 2.21. The van der Waals surface area contributed by atoms with Crippen molar-refractivity contribution in [2.24, 2.45) is 0 Å². The summed E-state index contributed by atoms with van der Waals surface area (Å²) in [5, 5.41) is 5.40. The van der Waals surface area contributed by atoms with Crippen molar-refractivity contribution in [2.45, 2.75) is 49.1 Å². The van der Waals surface area contributed by atoms with Crippen LogP contribution in [0.4, 0.5) is 0 Å². The second kappa shape index (κ2) is 5.97. The van der Waals surface area contributed by atoms with Crippen molar-refractivity contribution in [1.82, 2.24) is 15.3 Å². The number of imidazole rings is 1. The lowest BCUT2D eigenvalue weighted by Gasteiger charge is -2.19. The Morgan fingerprint density at radius 2 is 2.26 bits per heavy atom. The molecule has 3 rings (SSSR count). The summed E-state index contributed by atoms with van der Waals surface area (Å²) in [4.78, 5) is 8.09. The maximum atomic E-state index is 4.67. The minimum absolute atomic E-state index is 0.651. The van der Waals surface area contributed by atoms with E-state index in [9.17, 15) is 0 Å². The van der Waals surface area contributed by atoms with E-state index in [1.54, 1.807) is 0 Å². The summed E-state index contributed by atoms with van der Waals surface area (Å²) in [6.07, 6.45) is 5.14. The van der Waals surface area contributed by atoms with Gasteiger partial charge in [-0.2, -0.15) is 0 Å². The maximum Gasteiger partial charge on any atom is 0.166 e. The number of H-pyrrole nitrogens is 1. The van der Waals surface area contributed by atoms with Crippen molar-refractivity contribution < 1.29 is 0 Å². The van der Waals surface area contributed by atoms with Crippen LogP contribution in [0.25, 0.3) is 11.0 Å². The number of benzene rings is 1. The predicted molar refractivity (Wildman–Crippen MR) is 81.7 cm³/mol. The summed E-state index contributed by atoms with van der Waals surface area (Å²) < 4.78 is 0. The van der Waals surface area contributed by atoms with Crippen molar-refractivity contribution >= 4 is 22.8 Å². The summed E-state index contributed by atoms with van der Waals surface area (Å²) in [7, 11) is 0. The van der Waals surface area contributed by atoms with Gasteiger partial charge in [0.1, 0.15) is 0 Å². The van der Waals surface area contributed by atoms with Crippen LogP contribution in [0.5, 0.6) is 0 Å². The monoisotopic (exact) mass is 275 g/mol. The molecule has 0 spiro atoms. The molecule has 1 heterocycles. The Hall–Kier alpha value is -1.00. The molecule has 0 amide bonds. The van der Waals surface area contributed by atoms with Gasteiger partial charge in [0.25, 0.3) is 0 Å². The van der Waals surface area contributed by atoms with Gasteiger partial charge in [-0.1, -0.05) is 37.2 Å². The van der Waals surface area contributed by atoms with Gasteiger partial charge in [-0.25, -0.2) is 4.98 Å². The Morgan fingerprint density at radius 3 is 3.11 bits per heavy atom. The van der Waals surface area contributed by atoms with Gasteiger partial charge in [-0.3, -0.25) is 0 Å². The number of para-hydroxylation sites is 2. The fourth-order valence-electron chi connectivity index (χ4n) is 2.76. The number of hydrogen-bond acceptors (Lipinski definition) is 3. The van der Waals surface area contributed by atoms with Crippen LogP contribution in [-0.2, 0) is 0 Å². The highest BCUT2D eigenvalue weighted by Crippen LogP contribution is 2.34. The smallest absolute Gasteiger partial charge is 0.166 e. The number of rotatable bonds is 5. The quantitative estimate of drug-likeness (QED) is 0.876. The van der Waals surface area contributed by atoms with Crippen molar-refractivity contribution in [1.29, 1.82) is 0 Å². The van der Waals surface area contributed by atoms with Crippen LogP contribution in [0.15, 0.2) is 29.4 Å². The third kappa shape index (κ3) is 2.95. The Balaban J connectivity index is 1.69. The number of aromatic amines is 1. The molecule has 1 aliphatic rings. The zero-order valence-electron chi connectivity index (χ0n) is 11.4. The van der Waals surface area contributed by atoms with E-state index in [2.05, 4.69) is 40.4 Å². The molecule has 0 saturated heterocycles. The molecule has 0 bridgehead atoms. The SMILES string of the molecule is CCCNC1CCCC1Sc1nc2ccccc2[nH]1. The molecular weight excluding hydrogens is 254 g/mol. The Kier molecular flexibility index (Phi) is 4.09. The van der Waals surface area contributed by atoms with Gasteiger partial charge in [0.15, 0.2) is 5.16 Å². The lowest BCUT2D eigenvalue weighted by Crippen LogP contribution is -2.34. The van der Waals surface area contributed by atoms with E-state index >= 15 is 0 Å². The van der Waals surface area contributed by atoms with Crippen LogP contribution >= 0.6 is 11.8 Å². The maximum absolute atomic E-state index is 4.67. The normalized spacial score (nSPS) is 23.2. The Morgan fingerprint density at radius 1 is 1.37 bits per heavy atom. The minimum atomic E-state index is 0.651. The molecule has 2 atom stereocenters. The molecule has 0 radical (unpaired) electrons. The van der Waals surface area contributed by atoms with E-state index in [0.29, 0.717) is 11.3 Å². The average molecular weight is 275 g/mol. The van der Waals surface area contributed by atoms with Crippen molar-refractivity contribution in [3.05, 3.63) is 24.3 Å².